The van der Waals surface area contributed by atoms with Crippen molar-refractivity contribution in [3.8, 4) is 0 Å². The van der Waals surface area contributed by atoms with Crippen LogP contribution in [0.5, 0.6) is 0 Å². The quantitative estimate of drug-likeness (QED) is 0.392. The van der Waals surface area contributed by atoms with Crippen LogP contribution in [-0.4, -0.2) is 74.9 Å². The highest BCUT2D eigenvalue weighted by molar-refractivity contribution is 7.91. The number of cyclic esters (lactones) is 1. The molecule has 1 atom stereocenters. The lowest BCUT2D eigenvalue weighted by Gasteiger charge is -2.23. The van der Waals surface area contributed by atoms with Crippen molar-refractivity contribution in [1.82, 2.24) is 4.90 Å². The summed E-state index contributed by atoms with van der Waals surface area (Å²) in [4.78, 5) is 50.5. The summed E-state index contributed by atoms with van der Waals surface area (Å²) in [5, 5.41) is 0. The molecule has 0 N–H and O–H groups in total. The number of amides is 3. The third kappa shape index (κ3) is 7.18. The van der Waals surface area contributed by atoms with Crippen LogP contribution >= 0.6 is 0 Å². The highest BCUT2D eigenvalue weighted by Crippen LogP contribution is 2.33. The van der Waals surface area contributed by atoms with Gasteiger partial charge in [-0.2, -0.15) is 0 Å². The molecule has 2 saturated heterocycles. The molecule has 2 heterocycles. The second-order valence-electron chi connectivity index (χ2n) is 10.1. The molecule has 2 aliphatic rings. The van der Waals surface area contributed by atoms with E-state index < -0.39 is 58.0 Å². The first-order valence-corrected chi connectivity index (χ1v) is 13.6. The third-order valence-corrected chi connectivity index (χ3v) is 7.85. The van der Waals surface area contributed by atoms with E-state index in [1.807, 2.05) is 0 Å². The largest absolute Gasteiger partial charge is 0.442 e. The maximum atomic E-state index is 14.9. The SMILES string of the molecule is CC(=O)N(C[C@H]1CN(c2ccc(C3CCS(=O)(=O)CC3)c(F)c2)C(=O)O1)C(=O)OCOC(=O)C(C)(C)C. The molecule has 3 amide bonds. The fraction of sp³-hybridized carbons (Fsp3) is 0.583. The molecule has 0 aromatic heterocycles. The minimum Gasteiger partial charge on any atom is -0.442 e. The summed E-state index contributed by atoms with van der Waals surface area (Å²) in [5.74, 6) is -2.04. The Bertz CT molecular complexity index is 1170. The molecule has 13 heteroatoms. The summed E-state index contributed by atoms with van der Waals surface area (Å²) >= 11 is 0. The van der Waals surface area contributed by atoms with Crippen molar-refractivity contribution in [1.29, 1.82) is 0 Å². The van der Waals surface area contributed by atoms with E-state index in [1.165, 1.54) is 17.0 Å². The van der Waals surface area contributed by atoms with Crippen LogP contribution in [0.15, 0.2) is 18.2 Å². The number of halogens is 1. The number of ether oxygens (including phenoxy) is 3. The number of esters is 1. The maximum absolute atomic E-state index is 14.9. The number of nitrogens with zero attached hydrogens (tertiary/aromatic N) is 2. The van der Waals surface area contributed by atoms with Crippen molar-refractivity contribution < 1.29 is 46.2 Å². The second kappa shape index (κ2) is 11.0. The first-order chi connectivity index (χ1) is 17.2. The fourth-order valence-corrected chi connectivity index (χ4v) is 5.50. The molecule has 0 radical (unpaired) electrons. The summed E-state index contributed by atoms with van der Waals surface area (Å²) < 4.78 is 53.2. The Morgan fingerprint density at radius 3 is 2.38 bits per heavy atom. The van der Waals surface area contributed by atoms with Gasteiger partial charge in [-0.25, -0.2) is 27.3 Å². The number of hydrogen-bond acceptors (Lipinski definition) is 9. The predicted octanol–water partition coefficient (Wildman–Crippen LogP) is 2.98. The van der Waals surface area contributed by atoms with Crippen molar-refractivity contribution in [2.45, 2.75) is 52.6 Å². The van der Waals surface area contributed by atoms with Crippen molar-refractivity contribution in [2.24, 2.45) is 5.41 Å². The van der Waals surface area contributed by atoms with Crippen LogP contribution in [0.2, 0.25) is 0 Å². The molecule has 0 saturated carbocycles. The minimum absolute atomic E-state index is 0.00704. The van der Waals surface area contributed by atoms with Gasteiger partial charge in [-0.1, -0.05) is 6.07 Å². The van der Waals surface area contributed by atoms with Crippen LogP contribution in [-0.2, 0) is 33.6 Å². The number of anilines is 1. The fourth-order valence-electron chi connectivity index (χ4n) is 4.01. The van der Waals surface area contributed by atoms with Crippen LogP contribution in [0.4, 0.5) is 19.7 Å². The Hall–Kier alpha value is -3.22. The van der Waals surface area contributed by atoms with Gasteiger partial charge in [0.1, 0.15) is 21.8 Å². The number of imide groups is 1. The third-order valence-electron chi connectivity index (χ3n) is 6.14. The summed E-state index contributed by atoms with van der Waals surface area (Å²) in [6.45, 7) is 4.94. The Kier molecular flexibility index (Phi) is 8.45. The van der Waals surface area contributed by atoms with E-state index in [0.717, 1.165) is 6.92 Å². The minimum atomic E-state index is -3.08. The number of carbonyl (C=O) groups is 4. The predicted molar refractivity (Wildman–Crippen MR) is 129 cm³/mol. The molecule has 3 rings (SSSR count). The molecule has 2 fully saturated rings. The average molecular weight is 543 g/mol. The lowest BCUT2D eigenvalue weighted by Crippen LogP contribution is -2.42. The van der Waals surface area contributed by atoms with Crippen molar-refractivity contribution in [3.05, 3.63) is 29.6 Å². The number of carbonyl (C=O) groups excluding carboxylic acids is 4. The number of benzene rings is 1. The van der Waals surface area contributed by atoms with E-state index in [1.54, 1.807) is 26.8 Å². The van der Waals surface area contributed by atoms with Crippen molar-refractivity contribution in [3.63, 3.8) is 0 Å². The molecule has 2 aliphatic heterocycles. The topological polar surface area (TPSA) is 137 Å². The normalized spacial score (nSPS) is 19.8. The summed E-state index contributed by atoms with van der Waals surface area (Å²) in [5.41, 5.74) is -0.188. The smallest absolute Gasteiger partial charge is 0.419 e. The van der Waals surface area contributed by atoms with Gasteiger partial charge in [-0.05, 0) is 57.2 Å². The standard InChI is InChI=1S/C24H31FN2O9S/c1-15(28)26(22(30)35-14-34-21(29)24(2,3)4)12-18-13-27(23(31)36-18)17-5-6-19(20(25)11-17)16-7-9-37(32,33)10-8-16/h5-6,11,16,18H,7-10,12-14H2,1-4H3/t18-/m0/s1. The highest BCUT2D eigenvalue weighted by Gasteiger charge is 2.37. The van der Waals surface area contributed by atoms with Gasteiger partial charge in [0.2, 0.25) is 12.7 Å². The molecular formula is C24H31FN2O9S. The van der Waals surface area contributed by atoms with Gasteiger partial charge in [-0.15, -0.1) is 0 Å². The van der Waals surface area contributed by atoms with Crippen LogP contribution in [0.1, 0.15) is 52.0 Å². The van der Waals surface area contributed by atoms with Gasteiger partial charge in [0.15, 0.2) is 0 Å². The van der Waals surface area contributed by atoms with E-state index in [9.17, 15) is 32.0 Å². The molecule has 11 nitrogen and oxygen atoms in total. The zero-order valence-electron chi connectivity index (χ0n) is 21.2. The summed E-state index contributed by atoms with van der Waals surface area (Å²) in [6.07, 6.45) is -2.10. The first kappa shape index (κ1) is 28.4. The van der Waals surface area contributed by atoms with Gasteiger partial charge in [0, 0.05) is 6.92 Å². The molecule has 0 spiro atoms. The molecule has 204 valence electrons. The lowest BCUT2D eigenvalue weighted by molar-refractivity contribution is -0.162. The van der Waals surface area contributed by atoms with E-state index in [2.05, 4.69) is 0 Å². The molecule has 0 aliphatic carbocycles. The lowest BCUT2D eigenvalue weighted by atomic mass is 9.93. The average Bonchev–Trinajstić information content (AvgIpc) is 3.17. The van der Waals surface area contributed by atoms with Gasteiger partial charge in [0.05, 0.1) is 35.7 Å². The van der Waals surface area contributed by atoms with Gasteiger partial charge < -0.3 is 14.2 Å². The Morgan fingerprint density at radius 2 is 1.81 bits per heavy atom. The van der Waals surface area contributed by atoms with E-state index in [-0.39, 0.29) is 36.2 Å². The van der Waals surface area contributed by atoms with Crippen molar-refractivity contribution >= 4 is 39.6 Å². The number of rotatable bonds is 6. The monoisotopic (exact) mass is 542 g/mol. The molecule has 0 unspecified atom stereocenters. The second-order valence-corrected chi connectivity index (χ2v) is 12.4. The van der Waals surface area contributed by atoms with Gasteiger partial charge >= 0.3 is 18.2 Å². The molecule has 37 heavy (non-hydrogen) atoms. The van der Waals surface area contributed by atoms with Gasteiger partial charge in [-0.3, -0.25) is 14.5 Å². The molecule has 1 aromatic rings. The Morgan fingerprint density at radius 1 is 1.16 bits per heavy atom. The zero-order valence-corrected chi connectivity index (χ0v) is 22.0. The Balaban J connectivity index is 1.60. The maximum Gasteiger partial charge on any atom is 0.419 e. The first-order valence-electron chi connectivity index (χ1n) is 11.8. The van der Waals surface area contributed by atoms with E-state index in [4.69, 9.17) is 14.2 Å². The highest BCUT2D eigenvalue weighted by atomic mass is 32.2. The zero-order chi connectivity index (χ0) is 27.5. The van der Waals surface area contributed by atoms with Crippen LogP contribution in [0.25, 0.3) is 0 Å². The summed E-state index contributed by atoms with van der Waals surface area (Å²) in [6, 6.07) is 4.26. The molecule has 0 bridgehead atoms. The number of hydrogen-bond donors (Lipinski definition) is 0. The van der Waals surface area contributed by atoms with E-state index in [0.29, 0.717) is 23.3 Å². The van der Waals surface area contributed by atoms with Crippen molar-refractivity contribution in [2.75, 3.05) is 36.3 Å². The number of sulfone groups is 1. The Labute approximate surface area is 214 Å². The van der Waals surface area contributed by atoms with E-state index >= 15 is 0 Å². The van der Waals surface area contributed by atoms with Gasteiger partial charge in [0.25, 0.3) is 0 Å². The van der Waals surface area contributed by atoms with Crippen LogP contribution in [0, 0.1) is 11.2 Å². The molecule has 1 aromatic carbocycles. The van der Waals surface area contributed by atoms with Crippen LogP contribution in [0.3, 0.4) is 0 Å². The molecular weight excluding hydrogens is 511 g/mol. The van der Waals surface area contributed by atoms with Crippen LogP contribution < -0.4 is 4.90 Å². The summed E-state index contributed by atoms with van der Waals surface area (Å²) in [7, 11) is -3.08.